The number of nitrogens with one attached hydrogen (secondary N) is 1. The van der Waals surface area contributed by atoms with Gasteiger partial charge in [-0.25, -0.2) is 0 Å². The topological polar surface area (TPSA) is 33.7 Å². The number of piperidine rings is 1. The fourth-order valence-corrected chi connectivity index (χ4v) is 2.58. The lowest BCUT2D eigenvalue weighted by Crippen LogP contribution is -2.34. The molecule has 1 unspecified atom stereocenters. The molecule has 1 atom stereocenters. The van der Waals surface area contributed by atoms with E-state index in [1.165, 1.54) is 19.3 Å². The first kappa shape index (κ1) is 13.3. The van der Waals surface area contributed by atoms with Crippen LogP contribution in [0.2, 0.25) is 0 Å². The maximum atomic E-state index is 5.90. The van der Waals surface area contributed by atoms with Crippen molar-refractivity contribution in [3.05, 3.63) is 0 Å². The number of ether oxygens (including phenoxy) is 2. The minimum atomic E-state index is 0.497. The fourth-order valence-electron chi connectivity index (χ4n) is 2.58. The highest BCUT2D eigenvalue weighted by atomic mass is 16.5. The lowest BCUT2D eigenvalue weighted by atomic mass is 10.1. The van der Waals surface area contributed by atoms with E-state index >= 15 is 0 Å². The van der Waals surface area contributed by atoms with Crippen LogP contribution in [0.5, 0.6) is 0 Å². The van der Waals surface area contributed by atoms with Crippen LogP contribution >= 0.6 is 0 Å². The lowest BCUT2D eigenvalue weighted by molar-refractivity contribution is 0.0269. The third kappa shape index (κ3) is 4.54. The Morgan fingerprint density at radius 3 is 2.82 bits per heavy atom. The van der Waals surface area contributed by atoms with Crippen molar-refractivity contribution in [2.75, 3.05) is 46.5 Å². The largest absolute Gasteiger partial charge is 0.380 e. The molecule has 0 saturated carbocycles. The second kappa shape index (κ2) is 7.31. The van der Waals surface area contributed by atoms with E-state index in [9.17, 15) is 0 Å². The van der Waals surface area contributed by atoms with Crippen molar-refractivity contribution in [3.8, 4) is 0 Å². The van der Waals surface area contributed by atoms with E-state index in [1.54, 1.807) is 0 Å². The van der Waals surface area contributed by atoms with Gasteiger partial charge in [-0.1, -0.05) is 0 Å². The smallest absolute Gasteiger partial charge is 0.0622 e. The average molecular weight is 242 g/mol. The van der Waals surface area contributed by atoms with Gasteiger partial charge in [0.1, 0.15) is 0 Å². The molecule has 0 bridgehead atoms. The van der Waals surface area contributed by atoms with Gasteiger partial charge in [0.05, 0.1) is 12.7 Å². The first-order valence-corrected chi connectivity index (χ1v) is 6.96. The molecule has 4 heteroatoms. The highest BCUT2D eigenvalue weighted by Crippen LogP contribution is 2.11. The summed E-state index contributed by atoms with van der Waals surface area (Å²) in [5, 5.41) is 3.36. The molecule has 0 aliphatic carbocycles. The van der Waals surface area contributed by atoms with E-state index in [4.69, 9.17) is 9.47 Å². The molecule has 2 aliphatic rings. The van der Waals surface area contributed by atoms with Gasteiger partial charge in [0, 0.05) is 25.8 Å². The fraction of sp³-hybridized carbons (Fsp3) is 1.00. The molecule has 0 aromatic carbocycles. The van der Waals surface area contributed by atoms with Crippen molar-refractivity contribution >= 4 is 0 Å². The summed E-state index contributed by atoms with van der Waals surface area (Å²) in [6.45, 7) is 6.10. The van der Waals surface area contributed by atoms with Crippen molar-refractivity contribution in [2.45, 2.75) is 37.8 Å². The normalized spacial score (nSPS) is 26.8. The predicted octanol–water partition coefficient (Wildman–Crippen LogP) is 0.866. The van der Waals surface area contributed by atoms with E-state index < -0.39 is 0 Å². The Balaban J connectivity index is 1.50. The zero-order chi connectivity index (χ0) is 11.9. The van der Waals surface area contributed by atoms with Crippen LogP contribution in [0.1, 0.15) is 25.7 Å². The quantitative estimate of drug-likeness (QED) is 0.701. The summed E-state index contributed by atoms with van der Waals surface area (Å²) in [7, 11) is 2.20. The van der Waals surface area contributed by atoms with Gasteiger partial charge in [0.25, 0.3) is 0 Å². The Labute approximate surface area is 105 Å². The van der Waals surface area contributed by atoms with Crippen LogP contribution in [0.15, 0.2) is 0 Å². The maximum absolute atomic E-state index is 5.90. The van der Waals surface area contributed by atoms with Crippen LogP contribution in [0.3, 0.4) is 0 Å². The van der Waals surface area contributed by atoms with Crippen molar-refractivity contribution in [3.63, 3.8) is 0 Å². The third-order valence-electron chi connectivity index (χ3n) is 3.82. The SMILES string of the molecule is CN(CCCOC1CCNCC1)C1CCOC1. The highest BCUT2D eigenvalue weighted by molar-refractivity contribution is 4.73. The highest BCUT2D eigenvalue weighted by Gasteiger charge is 2.19. The molecule has 4 nitrogen and oxygen atoms in total. The molecular weight excluding hydrogens is 216 g/mol. The number of hydrogen-bond acceptors (Lipinski definition) is 4. The molecule has 2 saturated heterocycles. The molecule has 2 rings (SSSR count). The molecule has 100 valence electrons. The van der Waals surface area contributed by atoms with Gasteiger partial charge < -0.3 is 19.7 Å². The van der Waals surface area contributed by atoms with E-state index in [1.807, 2.05) is 0 Å². The Bertz CT molecular complexity index is 202. The Morgan fingerprint density at radius 2 is 2.12 bits per heavy atom. The number of nitrogens with zero attached hydrogens (tertiary/aromatic N) is 1. The second-order valence-corrected chi connectivity index (χ2v) is 5.17. The summed E-state index contributed by atoms with van der Waals surface area (Å²) in [4.78, 5) is 2.42. The Hall–Kier alpha value is -0.160. The van der Waals surface area contributed by atoms with Gasteiger partial charge in [0.2, 0.25) is 0 Å². The van der Waals surface area contributed by atoms with E-state index in [0.717, 1.165) is 45.9 Å². The minimum absolute atomic E-state index is 0.497. The van der Waals surface area contributed by atoms with Crippen LogP contribution in [0.4, 0.5) is 0 Å². The molecule has 0 spiro atoms. The monoisotopic (exact) mass is 242 g/mol. The van der Waals surface area contributed by atoms with Crippen LogP contribution in [0.25, 0.3) is 0 Å². The van der Waals surface area contributed by atoms with Gasteiger partial charge in [-0.2, -0.15) is 0 Å². The van der Waals surface area contributed by atoms with Gasteiger partial charge in [-0.05, 0) is 45.8 Å². The molecule has 0 radical (unpaired) electrons. The van der Waals surface area contributed by atoms with Gasteiger partial charge in [-0.3, -0.25) is 0 Å². The van der Waals surface area contributed by atoms with Crippen LogP contribution < -0.4 is 5.32 Å². The lowest BCUT2D eigenvalue weighted by Gasteiger charge is -2.25. The summed E-state index contributed by atoms with van der Waals surface area (Å²) in [5.74, 6) is 0. The Kier molecular flexibility index (Phi) is 5.71. The summed E-state index contributed by atoms with van der Waals surface area (Å²) >= 11 is 0. The van der Waals surface area contributed by atoms with Crippen LogP contribution in [0, 0.1) is 0 Å². The second-order valence-electron chi connectivity index (χ2n) is 5.17. The molecule has 1 N–H and O–H groups in total. The van der Waals surface area contributed by atoms with Crippen LogP contribution in [-0.2, 0) is 9.47 Å². The van der Waals surface area contributed by atoms with E-state index in [-0.39, 0.29) is 0 Å². The molecular formula is C13H26N2O2. The predicted molar refractivity (Wildman–Crippen MR) is 68.3 cm³/mol. The van der Waals surface area contributed by atoms with Crippen molar-refractivity contribution in [2.24, 2.45) is 0 Å². The zero-order valence-electron chi connectivity index (χ0n) is 11.0. The molecule has 2 aliphatic heterocycles. The maximum Gasteiger partial charge on any atom is 0.0622 e. The van der Waals surface area contributed by atoms with Gasteiger partial charge >= 0.3 is 0 Å². The number of hydrogen-bond donors (Lipinski definition) is 1. The summed E-state index contributed by atoms with van der Waals surface area (Å²) in [5.41, 5.74) is 0. The zero-order valence-corrected chi connectivity index (χ0v) is 11.0. The van der Waals surface area contributed by atoms with Crippen molar-refractivity contribution < 1.29 is 9.47 Å². The summed E-state index contributed by atoms with van der Waals surface area (Å²) < 4.78 is 11.3. The molecule has 0 aromatic heterocycles. The average Bonchev–Trinajstić information content (AvgIpc) is 2.89. The van der Waals surface area contributed by atoms with Gasteiger partial charge in [0.15, 0.2) is 0 Å². The number of likely N-dealkylation sites (N-methyl/N-ethyl adjacent to an activating group) is 1. The van der Waals surface area contributed by atoms with Gasteiger partial charge in [-0.15, -0.1) is 0 Å². The minimum Gasteiger partial charge on any atom is -0.380 e. The van der Waals surface area contributed by atoms with E-state index in [0.29, 0.717) is 12.1 Å². The van der Waals surface area contributed by atoms with Crippen molar-refractivity contribution in [1.29, 1.82) is 0 Å². The molecule has 2 heterocycles. The third-order valence-corrected chi connectivity index (χ3v) is 3.82. The van der Waals surface area contributed by atoms with Crippen molar-refractivity contribution in [1.82, 2.24) is 10.2 Å². The van der Waals surface area contributed by atoms with Crippen LogP contribution in [-0.4, -0.2) is 63.5 Å². The summed E-state index contributed by atoms with van der Waals surface area (Å²) in [6.07, 6.45) is 5.16. The standard InChI is InChI=1S/C13H26N2O2/c1-15(12-5-10-16-11-12)8-2-9-17-13-3-6-14-7-4-13/h12-14H,2-11H2,1H3. The summed E-state index contributed by atoms with van der Waals surface area (Å²) in [6, 6.07) is 0.633. The molecule has 2 fully saturated rings. The first-order valence-electron chi connectivity index (χ1n) is 6.96. The first-order chi connectivity index (χ1) is 8.36. The Morgan fingerprint density at radius 1 is 1.29 bits per heavy atom. The molecule has 0 amide bonds. The number of rotatable bonds is 6. The van der Waals surface area contributed by atoms with E-state index in [2.05, 4.69) is 17.3 Å². The molecule has 17 heavy (non-hydrogen) atoms. The molecule has 0 aromatic rings.